The molecule has 0 bridgehead atoms. The van der Waals surface area contributed by atoms with Crippen LogP contribution in [0.5, 0.6) is 0 Å². The normalized spacial score (nSPS) is 21.7. The summed E-state index contributed by atoms with van der Waals surface area (Å²) >= 11 is 0. The zero-order valence-corrected chi connectivity index (χ0v) is 23.4. The minimum Gasteiger partial charge on any atom is -0.374 e. The highest BCUT2D eigenvalue weighted by Gasteiger charge is 2.42. The minimum atomic E-state index is -1.90. The van der Waals surface area contributed by atoms with Gasteiger partial charge in [-0.1, -0.05) is 6.92 Å². The first kappa shape index (κ1) is 27.9. The maximum absolute atomic E-state index is 15.1. The van der Waals surface area contributed by atoms with Crippen LogP contribution in [0.2, 0.25) is 0 Å². The Kier molecular flexibility index (Phi) is 7.01. The number of likely N-dealkylation sites (N-methyl/N-ethyl adjacent to an activating group) is 1. The number of benzene rings is 1. The van der Waals surface area contributed by atoms with Crippen LogP contribution < -0.4 is 16.0 Å². The molecule has 10 nitrogen and oxygen atoms in total. The molecule has 2 saturated heterocycles. The lowest BCUT2D eigenvalue weighted by molar-refractivity contribution is -0.135. The molecule has 1 aromatic carbocycles. The molecule has 3 unspecified atom stereocenters. The van der Waals surface area contributed by atoms with Gasteiger partial charge in [-0.15, -0.1) is 0 Å². The van der Waals surface area contributed by atoms with Gasteiger partial charge < -0.3 is 25.6 Å². The lowest BCUT2D eigenvalue weighted by Gasteiger charge is -2.46. The molecule has 3 atom stereocenters. The number of halogens is 3. The number of carbonyl (C=O) groups excluding carboxylic acids is 1. The number of ether oxygens (including phenoxy) is 1. The number of anilines is 3. The molecule has 0 saturated carbocycles. The van der Waals surface area contributed by atoms with E-state index in [0.717, 1.165) is 17.8 Å². The topological polar surface area (TPSA) is 114 Å². The summed E-state index contributed by atoms with van der Waals surface area (Å²) in [7, 11) is 1.77. The molecule has 0 spiro atoms. The molecule has 2 aliphatic heterocycles. The van der Waals surface area contributed by atoms with Crippen LogP contribution >= 0.6 is 0 Å². The Morgan fingerprint density at radius 2 is 1.90 bits per heavy atom. The Hall–Kier alpha value is -4.23. The van der Waals surface area contributed by atoms with Gasteiger partial charge >= 0.3 is 0 Å². The standard InChI is InChI=1S/C29H31F3N8O2/c1-16-12-39(13-22(33)27(16)38(3)17(2)41)25-6-7-34-11-24(25)36-28-35-10-19-4-5-23(37-40(19)28)26-20(30)8-18(9-21(26)31)29(32)14-42-15-29/h4-11,16,22,27H,12-15,33H2,1-3H3,(H,35,36). The van der Waals surface area contributed by atoms with Gasteiger partial charge in [0.1, 0.15) is 11.6 Å². The first-order valence-corrected chi connectivity index (χ1v) is 13.6. The number of nitrogens with zero attached hydrogens (tertiary/aromatic N) is 6. The van der Waals surface area contributed by atoms with Crippen molar-refractivity contribution in [1.82, 2.24) is 24.5 Å². The Balaban J connectivity index is 1.30. The maximum atomic E-state index is 15.1. The highest BCUT2D eigenvalue weighted by atomic mass is 19.1. The van der Waals surface area contributed by atoms with Crippen molar-refractivity contribution in [2.24, 2.45) is 11.7 Å². The van der Waals surface area contributed by atoms with Gasteiger partial charge in [0.05, 0.1) is 59.8 Å². The third-order valence-electron chi connectivity index (χ3n) is 8.15. The predicted octanol–water partition coefficient (Wildman–Crippen LogP) is 3.64. The van der Waals surface area contributed by atoms with Gasteiger partial charge in [0.2, 0.25) is 11.9 Å². The highest BCUT2D eigenvalue weighted by Crippen LogP contribution is 2.37. The van der Waals surface area contributed by atoms with Crippen molar-refractivity contribution in [3.63, 3.8) is 0 Å². The predicted molar refractivity (Wildman–Crippen MR) is 151 cm³/mol. The first-order chi connectivity index (χ1) is 20.1. The molecule has 0 aliphatic carbocycles. The number of aromatic nitrogens is 4. The molecular formula is C29H31F3N8O2. The van der Waals surface area contributed by atoms with Crippen LogP contribution in [0.4, 0.5) is 30.5 Å². The van der Waals surface area contributed by atoms with Gasteiger partial charge in [0, 0.05) is 39.3 Å². The summed E-state index contributed by atoms with van der Waals surface area (Å²) in [6, 6.07) is 6.60. The second-order valence-electron chi connectivity index (χ2n) is 11.1. The van der Waals surface area contributed by atoms with Crippen molar-refractivity contribution in [3.8, 4) is 11.3 Å². The molecular weight excluding hydrogens is 549 g/mol. The van der Waals surface area contributed by atoms with Crippen LogP contribution in [0.25, 0.3) is 16.8 Å². The summed E-state index contributed by atoms with van der Waals surface area (Å²) in [6.45, 7) is 4.28. The Morgan fingerprint density at radius 3 is 2.55 bits per heavy atom. The summed E-state index contributed by atoms with van der Waals surface area (Å²) in [4.78, 5) is 24.5. The van der Waals surface area contributed by atoms with E-state index in [1.54, 1.807) is 36.6 Å². The van der Waals surface area contributed by atoms with E-state index < -0.39 is 17.3 Å². The zero-order valence-electron chi connectivity index (χ0n) is 23.4. The lowest BCUT2D eigenvalue weighted by atomic mass is 9.88. The minimum absolute atomic E-state index is 0.0192. The number of nitrogens with two attached hydrogens (primary N) is 1. The molecule has 220 valence electrons. The van der Waals surface area contributed by atoms with Crippen molar-refractivity contribution >= 4 is 28.7 Å². The number of carbonyl (C=O) groups is 1. The lowest BCUT2D eigenvalue weighted by Crippen LogP contribution is -2.62. The fourth-order valence-electron chi connectivity index (χ4n) is 5.90. The number of hydrogen-bond donors (Lipinski definition) is 2. The molecule has 6 rings (SSSR count). The van der Waals surface area contributed by atoms with Crippen LogP contribution in [0.15, 0.2) is 48.9 Å². The third-order valence-corrected chi connectivity index (χ3v) is 8.15. The fourth-order valence-corrected chi connectivity index (χ4v) is 5.90. The molecule has 5 heterocycles. The summed E-state index contributed by atoms with van der Waals surface area (Å²) in [5, 5.41) is 7.72. The van der Waals surface area contributed by atoms with E-state index in [1.165, 1.54) is 17.5 Å². The number of rotatable bonds is 6. The average Bonchev–Trinajstić information content (AvgIpc) is 3.33. The van der Waals surface area contributed by atoms with Gasteiger partial charge in [0.15, 0.2) is 5.67 Å². The number of pyridine rings is 1. The molecule has 2 fully saturated rings. The van der Waals surface area contributed by atoms with Gasteiger partial charge in [-0.2, -0.15) is 9.61 Å². The molecule has 3 aromatic heterocycles. The SMILES string of the molecule is CC(=O)N(C)C1C(C)CN(c2ccncc2Nc2ncc3ccc(-c4c(F)cc(C5(F)COC5)cc4F)nn23)CC1N. The number of alkyl halides is 1. The molecule has 3 N–H and O–H groups in total. The number of nitrogens with one attached hydrogen (secondary N) is 1. The van der Waals surface area contributed by atoms with E-state index in [2.05, 4.69) is 32.2 Å². The third kappa shape index (κ3) is 4.81. The van der Waals surface area contributed by atoms with E-state index in [4.69, 9.17) is 10.5 Å². The Labute approximate surface area is 240 Å². The van der Waals surface area contributed by atoms with Crippen molar-refractivity contribution in [3.05, 3.63) is 66.1 Å². The number of imidazole rings is 1. The van der Waals surface area contributed by atoms with Crippen LogP contribution in [0.1, 0.15) is 19.4 Å². The van der Waals surface area contributed by atoms with E-state index in [0.29, 0.717) is 30.2 Å². The number of hydrogen-bond acceptors (Lipinski definition) is 8. The van der Waals surface area contributed by atoms with Crippen molar-refractivity contribution in [1.29, 1.82) is 0 Å². The van der Waals surface area contributed by atoms with Gasteiger partial charge in [0.25, 0.3) is 0 Å². The van der Waals surface area contributed by atoms with Crippen LogP contribution in [0, 0.1) is 17.6 Å². The number of amides is 1. The summed E-state index contributed by atoms with van der Waals surface area (Å²) in [6.07, 6.45) is 4.91. The van der Waals surface area contributed by atoms with E-state index in [-0.39, 0.29) is 53.9 Å². The molecule has 42 heavy (non-hydrogen) atoms. The van der Waals surface area contributed by atoms with Crippen LogP contribution in [-0.2, 0) is 15.2 Å². The van der Waals surface area contributed by atoms with E-state index >= 15 is 8.78 Å². The molecule has 4 aromatic rings. The average molecular weight is 581 g/mol. The number of piperidine rings is 1. The quantitative estimate of drug-likeness (QED) is 0.356. The summed E-state index contributed by atoms with van der Waals surface area (Å²) in [5.41, 5.74) is 6.24. The second-order valence-corrected chi connectivity index (χ2v) is 11.1. The van der Waals surface area contributed by atoms with Crippen molar-refractivity contribution in [2.45, 2.75) is 31.6 Å². The highest BCUT2D eigenvalue weighted by molar-refractivity contribution is 5.75. The summed E-state index contributed by atoms with van der Waals surface area (Å²) < 4.78 is 51.3. The largest absolute Gasteiger partial charge is 0.374 e. The second kappa shape index (κ2) is 10.6. The molecule has 2 aliphatic rings. The van der Waals surface area contributed by atoms with Gasteiger partial charge in [-0.3, -0.25) is 9.78 Å². The monoisotopic (exact) mass is 580 g/mol. The van der Waals surface area contributed by atoms with Gasteiger partial charge in [-0.05, 0) is 41.8 Å². The number of fused-ring (bicyclic) bond motifs is 1. The van der Waals surface area contributed by atoms with Crippen molar-refractivity contribution < 1.29 is 22.7 Å². The maximum Gasteiger partial charge on any atom is 0.229 e. The molecule has 1 amide bonds. The van der Waals surface area contributed by atoms with Gasteiger partial charge in [-0.25, -0.2) is 18.2 Å². The molecule has 0 radical (unpaired) electrons. The Morgan fingerprint density at radius 1 is 1.17 bits per heavy atom. The smallest absolute Gasteiger partial charge is 0.229 e. The summed E-state index contributed by atoms with van der Waals surface area (Å²) in [5.74, 6) is -1.48. The first-order valence-electron chi connectivity index (χ1n) is 13.6. The van der Waals surface area contributed by atoms with Crippen LogP contribution in [0.3, 0.4) is 0 Å². The van der Waals surface area contributed by atoms with E-state index in [1.807, 2.05) is 6.07 Å². The van der Waals surface area contributed by atoms with Crippen LogP contribution in [-0.4, -0.2) is 75.8 Å². The Bertz CT molecular complexity index is 1620. The molecule has 13 heteroatoms. The van der Waals surface area contributed by atoms with E-state index in [9.17, 15) is 9.18 Å². The fraction of sp³-hybridized carbons (Fsp3) is 0.379. The zero-order chi connectivity index (χ0) is 29.8. The van der Waals surface area contributed by atoms with Crippen molar-refractivity contribution in [2.75, 3.05) is 43.6 Å².